The van der Waals surface area contributed by atoms with Crippen molar-refractivity contribution in [3.05, 3.63) is 52.2 Å². The van der Waals surface area contributed by atoms with E-state index in [0.29, 0.717) is 0 Å². The van der Waals surface area contributed by atoms with Gasteiger partial charge in [-0.1, -0.05) is 18.2 Å². The minimum atomic E-state index is 0.201. The minimum absolute atomic E-state index is 0.201. The van der Waals surface area contributed by atoms with Crippen LogP contribution >= 0.6 is 11.3 Å². The molecule has 1 aromatic heterocycles. The van der Waals surface area contributed by atoms with Gasteiger partial charge in [-0.15, -0.1) is 0 Å². The number of fused-ring (bicyclic) bond motifs is 1. The summed E-state index contributed by atoms with van der Waals surface area (Å²) < 4.78 is 6.03. The first kappa shape index (κ1) is 10.8. The number of para-hydroxylation sites is 1. The monoisotopic (exact) mass is 245 g/mol. The van der Waals surface area contributed by atoms with Gasteiger partial charge in [0.05, 0.1) is 6.04 Å². The second-order valence-electron chi connectivity index (χ2n) is 4.29. The third-order valence-electron chi connectivity index (χ3n) is 3.26. The summed E-state index contributed by atoms with van der Waals surface area (Å²) in [6, 6.07) is 10.7. The third-order valence-corrected chi connectivity index (χ3v) is 3.96. The Balaban J connectivity index is 1.83. The fraction of sp³-hybridized carbons (Fsp3) is 0.286. The number of thiophene rings is 1. The Morgan fingerprint density at radius 1 is 1.35 bits per heavy atom. The summed E-state index contributed by atoms with van der Waals surface area (Å²) in [5.41, 5.74) is 2.63. The quantitative estimate of drug-likeness (QED) is 0.897. The molecular weight excluding hydrogens is 230 g/mol. The molecule has 1 N–H and O–H groups in total. The summed E-state index contributed by atoms with van der Waals surface area (Å²) in [6.07, 6.45) is 1.18. The zero-order valence-corrected chi connectivity index (χ0v) is 10.5. The van der Waals surface area contributed by atoms with E-state index in [1.54, 1.807) is 11.3 Å². The van der Waals surface area contributed by atoms with Crippen molar-refractivity contribution in [2.75, 3.05) is 7.05 Å². The molecule has 17 heavy (non-hydrogen) atoms. The van der Waals surface area contributed by atoms with E-state index in [-0.39, 0.29) is 12.1 Å². The highest BCUT2D eigenvalue weighted by molar-refractivity contribution is 7.07. The maximum atomic E-state index is 6.03. The SMILES string of the molecule is CNC(c1ccsc1)C1Cc2ccccc2O1. The molecule has 2 nitrogen and oxygen atoms in total. The van der Waals surface area contributed by atoms with Gasteiger partial charge in [-0.3, -0.25) is 0 Å². The van der Waals surface area contributed by atoms with E-state index in [0.717, 1.165) is 12.2 Å². The molecule has 0 bridgehead atoms. The Hall–Kier alpha value is -1.32. The van der Waals surface area contributed by atoms with Gasteiger partial charge >= 0.3 is 0 Å². The Morgan fingerprint density at radius 3 is 2.94 bits per heavy atom. The molecule has 0 radical (unpaired) electrons. The predicted octanol–water partition coefficient (Wildman–Crippen LogP) is 3.01. The van der Waals surface area contributed by atoms with E-state index >= 15 is 0 Å². The number of ether oxygens (including phenoxy) is 1. The maximum absolute atomic E-state index is 6.03. The average Bonchev–Trinajstić information content (AvgIpc) is 2.98. The number of hydrogen-bond donors (Lipinski definition) is 1. The molecule has 3 heteroatoms. The molecule has 0 spiro atoms. The van der Waals surface area contributed by atoms with E-state index < -0.39 is 0 Å². The fourth-order valence-corrected chi connectivity index (χ4v) is 3.11. The normalized spacial score (nSPS) is 19.7. The van der Waals surface area contributed by atoms with Crippen molar-refractivity contribution < 1.29 is 4.74 Å². The van der Waals surface area contributed by atoms with Gasteiger partial charge in [-0.05, 0) is 41.1 Å². The second-order valence-corrected chi connectivity index (χ2v) is 5.07. The van der Waals surface area contributed by atoms with E-state index in [1.807, 2.05) is 13.1 Å². The van der Waals surface area contributed by atoms with Crippen LogP contribution in [0.3, 0.4) is 0 Å². The Morgan fingerprint density at radius 2 is 2.24 bits per heavy atom. The highest BCUT2D eigenvalue weighted by atomic mass is 32.1. The van der Waals surface area contributed by atoms with Crippen molar-refractivity contribution in [1.82, 2.24) is 5.32 Å². The van der Waals surface area contributed by atoms with E-state index in [9.17, 15) is 0 Å². The average molecular weight is 245 g/mol. The fourth-order valence-electron chi connectivity index (χ4n) is 2.41. The molecular formula is C14H15NOS. The lowest BCUT2D eigenvalue weighted by Gasteiger charge is -2.22. The van der Waals surface area contributed by atoms with Gasteiger partial charge in [0.2, 0.25) is 0 Å². The Labute approximate surface area is 105 Å². The molecule has 0 saturated carbocycles. The molecule has 1 aliphatic rings. The third kappa shape index (κ3) is 1.96. The smallest absolute Gasteiger partial charge is 0.123 e. The van der Waals surface area contributed by atoms with E-state index in [4.69, 9.17) is 4.74 Å². The largest absolute Gasteiger partial charge is 0.488 e. The van der Waals surface area contributed by atoms with Crippen LogP contribution in [0.15, 0.2) is 41.1 Å². The first-order chi connectivity index (χ1) is 8.38. The van der Waals surface area contributed by atoms with Crippen LogP contribution in [0.1, 0.15) is 17.2 Å². The molecule has 1 aliphatic heterocycles. The first-order valence-corrected chi connectivity index (χ1v) is 6.76. The number of nitrogens with one attached hydrogen (secondary N) is 1. The molecule has 0 aliphatic carbocycles. The zero-order chi connectivity index (χ0) is 11.7. The van der Waals surface area contributed by atoms with Crippen LogP contribution < -0.4 is 10.1 Å². The van der Waals surface area contributed by atoms with Gasteiger partial charge < -0.3 is 10.1 Å². The lowest BCUT2D eigenvalue weighted by Crippen LogP contribution is -2.32. The van der Waals surface area contributed by atoms with Crippen molar-refractivity contribution >= 4 is 11.3 Å². The van der Waals surface area contributed by atoms with Crippen molar-refractivity contribution in [1.29, 1.82) is 0 Å². The second kappa shape index (κ2) is 4.51. The number of likely N-dealkylation sites (N-methyl/N-ethyl adjacent to an activating group) is 1. The summed E-state index contributed by atoms with van der Waals surface area (Å²) in [5.74, 6) is 1.04. The molecule has 88 valence electrons. The van der Waals surface area contributed by atoms with Gasteiger partial charge in [0.1, 0.15) is 11.9 Å². The van der Waals surface area contributed by atoms with Gasteiger partial charge in [0, 0.05) is 6.42 Å². The maximum Gasteiger partial charge on any atom is 0.123 e. The predicted molar refractivity (Wildman–Crippen MR) is 70.7 cm³/mol. The highest BCUT2D eigenvalue weighted by Gasteiger charge is 2.30. The lowest BCUT2D eigenvalue weighted by atomic mass is 10.0. The summed E-state index contributed by atoms with van der Waals surface area (Å²) in [4.78, 5) is 0. The van der Waals surface area contributed by atoms with Crippen LogP contribution in [0.2, 0.25) is 0 Å². The van der Waals surface area contributed by atoms with Gasteiger partial charge in [-0.2, -0.15) is 11.3 Å². The standard InChI is InChI=1S/C14H15NOS/c1-15-14(11-6-7-17-9-11)13-8-10-4-2-3-5-12(10)16-13/h2-7,9,13-15H,8H2,1H3. The van der Waals surface area contributed by atoms with Crippen LogP contribution in [-0.2, 0) is 6.42 Å². The first-order valence-electron chi connectivity index (χ1n) is 5.82. The Bertz CT molecular complexity index is 470. The number of rotatable bonds is 3. The van der Waals surface area contributed by atoms with Gasteiger partial charge in [0.15, 0.2) is 0 Å². The zero-order valence-electron chi connectivity index (χ0n) is 9.72. The van der Waals surface area contributed by atoms with Crippen molar-refractivity contribution in [3.8, 4) is 5.75 Å². The van der Waals surface area contributed by atoms with Crippen molar-refractivity contribution in [3.63, 3.8) is 0 Å². The van der Waals surface area contributed by atoms with Crippen LogP contribution in [0.4, 0.5) is 0 Å². The summed E-state index contributed by atoms with van der Waals surface area (Å²) in [6.45, 7) is 0. The van der Waals surface area contributed by atoms with Crippen LogP contribution in [0.5, 0.6) is 5.75 Å². The summed E-state index contributed by atoms with van der Waals surface area (Å²) >= 11 is 1.73. The van der Waals surface area contributed by atoms with E-state index in [2.05, 4.69) is 40.3 Å². The molecule has 3 rings (SSSR count). The van der Waals surface area contributed by atoms with Crippen LogP contribution in [0.25, 0.3) is 0 Å². The van der Waals surface area contributed by atoms with Crippen LogP contribution in [0, 0.1) is 0 Å². The Kier molecular flexibility index (Phi) is 2.87. The van der Waals surface area contributed by atoms with Crippen molar-refractivity contribution in [2.45, 2.75) is 18.6 Å². The molecule has 0 fully saturated rings. The summed E-state index contributed by atoms with van der Waals surface area (Å²) in [5, 5.41) is 7.66. The molecule has 2 unspecified atom stereocenters. The van der Waals surface area contributed by atoms with E-state index in [1.165, 1.54) is 11.1 Å². The number of benzene rings is 1. The molecule has 0 amide bonds. The van der Waals surface area contributed by atoms with Gasteiger partial charge in [-0.25, -0.2) is 0 Å². The molecule has 2 atom stereocenters. The van der Waals surface area contributed by atoms with Crippen molar-refractivity contribution in [2.24, 2.45) is 0 Å². The summed E-state index contributed by atoms with van der Waals surface area (Å²) in [7, 11) is 1.99. The van der Waals surface area contributed by atoms with Gasteiger partial charge in [0.25, 0.3) is 0 Å². The molecule has 1 aromatic carbocycles. The molecule has 2 aromatic rings. The lowest BCUT2D eigenvalue weighted by molar-refractivity contribution is 0.184. The number of hydrogen-bond acceptors (Lipinski definition) is 3. The molecule has 0 saturated heterocycles. The topological polar surface area (TPSA) is 21.3 Å². The minimum Gasteiger partial charge on any atom is -0.488 e. The van der Waals surface area contributed by atoms with Crippen LogP contribution in [-0.4, -0.2) is 13.2 Å². The highest BCUT2D eigenvalue weighted by Crippen LogP contribution is 2.34. The molecule has 2 heterocycles.